The predicted molar refractivity (Wildman–Crippen MR) is 59.8 cm³/mol. The molecule has 1 aromatic rings. The van der Waals surface area contributed by atoms with Gasteiger partial charge in [0, 0.05) is 25.3 Å². The first-order valence-electron chi connectivity index (χ1n) is 4.70. The fourth-order valence-corrected chi connectivity index (χ4v) is 1.06. The van der Waals surface area contributed by atoms with Crippen molar-refractivity contribution >= 4 is 11.6 Å². The molecular formula is C11H16N2O2. The smallest absolute Gasteiger partial charge is 0.259 e. The number of likely N-dealkylation sites (N-methyl/N-ethyl adjacent to an activating group) is 1. The van der Waals surface area contributed by atoms with Crippen LogP contribution in [0.3, 0.4) is 0 Å². The van der Waals surface area contributed by atoms with E-state index in [1.54, 1.807) is 32.3 Å². The quantitative estimate of drug-likeness (QED) is 0.755. The molecule has 2 N–H and O–H groups in total. The summed E-state index contributed by atoms with van der Waals surface area (Å²) >= 11 is 0. The maximum Gasteiger partial charge on any atom is 0.259 e. The number of ether oxygens (including phenoxy) is 1. The van der Waals surface area contributed by atoms with Crippen molar-refractivity contribution < 1.29 is 9.53 Å². The van der Waals surface area contributed by atoms with E-state index in [1.807, 2.05) is 6.92 Å². The van der Waals surface area contributed by atoms with Gasteiger partial charge in [0.15, 0.2) is 6.61 Å². The number of amides is 1. The molecule has 0 unspecified atom stereocenters. The highest BCUT2D eigenvalue weighted by Gasteiger charge is 2.07. The van der Waals surface area contributed by atoms with Crippen molar-refractivity contribution in [2.24, 2.45) is 0 Å². The summed E-state index contributed by atoms with van der Waals surface area (Å²) in [5.41, 5.74) is 7.25. The van der Waals surface area contributed by atoms with Gasteiger partial charge in [-0.3, -0.25) is 4.79 Å². The molecule has 0 heterocycles. The zero-order valence-corrected chi connectivity index (χ0v) is 9.28. The zero-order valence-electron chi connectivity index (χ0n) is 9.28. The van der Waals surface area contributed by atoms with Gasteiger partial charge in [0.2, 0.25) is 0 Å². The van der Waals surface area contributed by atoms with E-state index in [0.717, 1.165) is 5.56 Å². The number of carbonyl (C=O) groups is 1. The maximum atomic E-state index is 11.3. The number of nitrogens with zero attached hydrogens (tertiary/aromatic N) is 1. The summed E-state index contributed by atoms with van der Waals surface area (Å²) in [6.45, 7) is 1.90. The summed E-state index contributed by atoms with van der Waals surface area (Å²) in [4.78, 5) is 12.8. The highest BCUT2D eigenvalue weighted by Crippen LogP contribution is 2.22. The second-order valence-corrected chi connectivity index (χ2v) is 3.55. The Morgan fingerprint density at radius 2 is 2.13 bits per heavy atom. The van der Waals surface area contributed by atoms with E-state index in [0.29, 0.717) is 11.4 Å². The Kier molecular flexibility index (Phi) is 3.55. The van der Waals surface area contributed by atoms with Crippen molar-refractivity contribution in [2.45, 2.75) is 6.92 Å². The molecule has 0 spiro atoms. The number of rotatable bonds is 3. The molecule has 82 valence electrons. The van der Waals surface area contributed by atoms with E-state index in [2.05, 4.69) is 0 Å². The van der Waals surface area contributed by atoms with Crippen molar-refractivity contribution in [3.63, 3.8) is 0 Å². The molecule has 1 amide bonds. The predicted octanol–water partition coefficient (Wildman–Crippen LogP) is 1.04. The molecule has 0 aliphatic rings. The lowest BCUT2D eigenvalue weighted by molar-refractivity contribution is -0.130. The third kappa shape index (κ3) is 2.87. The van der Waals surface area contributed by atoms with Gasteiger partial charge in [-0.15, -0.1) is 0 Å². The lowest BCUT2D eigenvalue weighted by Crippen LogP contribution is -2.27. The second kappa shape index (κ2) is 4.68. The van der Waals surface area contributed by atoms with Crippen LogP contribution in [0.4, 0.5) is 5.69 Å². The van der Waals surface area contributed by atoms with Gasteiger partial charge in [0.05, 0.1) is 0 Å². The average molecular weight is 208 g/mol. The van der Waals surface area contributed by atoms with Gasteiger partial charge in [0.1, 0.15) is 5.75 Å². The molecule has 0 aliphatic carbocycles. The normalized spacial score (nSPS) is 9.80. The summed E-state index contributed by atoms with van der Waals surface area (Å²) in [7, 11) is 3.38. The molecule has 0 atom stereocenters. The third-order valence-corrected chi connectivity index (χ3v) is 2.18. The van der Waals surface area contributed by atoms with E-state index >= 15 is 0 Å². The van der Waals surface area contributed by atoms with Crippen molar-refractivity contribution in [1.29, 1.82) is 0 Å². The molecule has 0 saturated heterocycles. The average Bonchev–Trinajstić information content (AvgIpc) is 2.19. The Labute approximate surface area is 89.6 Å². The number of anilines is 1. The summed E-state index contributed by atoms with van der Waals surface area (Å²) in [5.74, 6) is 0.585. The van der Waals surface area contributed by atoms with Gasteiger partial charge in [0.25, 0.3) is 5.91 Å². The van der Waals surface area contributed by atoms with E-state index in [4.69, 9.17) is 10.5 Å². The zero-order chi connectivity index (χ0) is 11.4. The van der Waals surface area contributed by atoms with Crippen LogP contribution >= 0.6 is 0 Å². The van der Waals surface area contributed by atoms with Crippen LogP contribution in [0.25, 0.3) is 0 Å². The number of carbonyl (C=O) groups excluding carboxylic acids is 1. The van der Waals surface area contributed by atoms with Crippen LogP contribution in [-0.4, -0.2) is 31.5 Å². The minimum Gasteiger partial charge on any atom is -0.483 e. The van der Waals surface area contributed by atoms with Crippen molar-refractivity contribution in [3.05, 3.63) is 23.8 Å². The van der Waals surface area contributed by atoms with E-state index in [-0.39, 0.29) is 12.5 Å². The molecule has 4 nitrogen and oxygen atoms in total. The molecule has 0 fully saturated rings. The van der Waals surface area contributed by atoms with Gasteiger partial charge in [-0.05, 0) is 19.1 Å². The van der Waals surface area contributed by atoms with Gasteiger partial charge >= 0.3 is 0 Å². The molecular weight excluding hydrogens is 192 g/mol. The lowest BCUT2D eigenvalue weighted by atomic mass is 10.2. The largest absolute Gasteiger partial charge is 0.483 e. The Morgan fingerprint density at radius 1 is 1.47 bits per heavy atom. The monoisotopic (exact) mass is 208 g/mol. The molecule has 0 saturated carbocycles. The Morgan fingerprint density at radius 3 is 2.73 bits per heavy atom. The van der Waals surface area contributed by atoms with Gasteiger partial charge < -0.3 is 15.4 Å². The first kappa shape index (κ1) is 11.4. The molecule has 1 rings (SSSR count). The van der Waals surface area contributed by atoms with Crippen molar-refractivity contribution in [3.8, 4) is 5.75 Å². The number of nitrogens with two attached hydrogens (primary N) is 1. The van der Waals surface area contributed by atoms with Crippen LogP contribution in [0.15, 0.2) is 18.2 Å². The number of hydrogen-bond acceptors (Lipinski definition) is 3. The SMILES string of the molecule is Cc1c(N)cccc1OCC(=O)N(C)C. The lowest BCUT2D eigenvalue weighted by Gasteiger charge is -2.13. The highest BCUT2D eigenvalue weighted by atomic mass is 16.5. The van der Waals surface area contributed by atoms with Crippen LogP contribution in [0, 0.1) is 6.92 Å². The number of benzene rings is 1. The first-order valence-corrected chi connectivity index (χ1v) is 4.70. The van der Waals surface area contributed by atoms with Crippen LogP contribution in [0.1, 0.15) is 5.56 Å². The van der Waals surface area contributed by atoms with Crippen LogP contribution in [0.5, 0.6) is 5.75 Å². The molecule has 0 aromatic heterocycles. The number of nitrogen functional groups attached to an aromatic ring is 1. The van der Waals surface area contributed by atoms with Gasteiger partial charge in [-0.25, -0.2) is 0 Å². The fourth-order valence-electron chi connectivity index (χ4n) is 1.06. The summed E-state index contributed by atoms with van der Waals surface area (Å²) < 4.78 is 5.37. The summed E-state index contributed by atoms with van der Waals surface area (Å²) in [6, 6.07) is 5.41. The Bertz CT molecular complexity index is 362. The van der Waals surface area contributed by atoms with Crippen molar-refractivity contribution in [2.75, 3.05) is 26.4 Å². The fraction of sp³-hybridized carbons (Fsp3) is 0.364. The van der Waals surface area contributed by atoms with Crippen molar-refractivity contribution in [1.82, 2.24) is 4.90 Å². The van der Waals surface area contributed by atoms with Crippen LogP contribution in [0.2, 0.25) is 0 Å². The summed E-state index contributed by atoms with van der Waals surface area (Å²) in [5, 5.41) is 0. The molecule has 0 bridgehead atoms. The second-order valence-electron chi connectivity index (χ2n) is 3.55. The maximum absolute atomic E-state index is 11.3. The minimum atomic E-state index is -0.0724. The molecule has 0 aliphatic heterocycles. The molecule has 0 radical (unpaired) electrons. The standard InChI is InChI=1S/C11H16N2O2/c1-8-9(12)5-4-6-10(8)15-7-11(14)13(2)3/h4-6H,7,12H2,1-3H3. The molecule has 1 aromatic carbocycles. The van der Waals surface area contributed by atoms with Gasteiger partial charge in [-0.1, -0.05) is 6.07 Å². The first-order chi connectivity index (χ1) is 7.02. The van der Waals surface area contributed by atoms with E-state index in [9.17, 15) is 4.79 Å². The van der Waals surface area contributed by atoms with Crippen LogP contribution in [-0.2, 0) is 4.79 Å². The topological polar surface area (TPSA) is 55.6 Å². The highest BCUT2D eigenvalue weighted by molar-refractivity contribution is 5.77. The van der Waals surface area contributed by atoms with E-state index < -0.39 is 0 Å². The third-order valence-electron chi connectivity index (χ3n) is 2.18. The van der Waals surface area contributed by atoms with Crippen LogP contribution < -0.4 is 10.5 Å². The minimum absolute atomic E-state index is 0.0390. The van der Waals surface area contributed by atoms with Gasteiger partial charge in [-0.2, -0.15) is 0 Å². The Hall–Kier alpha value is -1.71. The molecule has 4 heteroatoms. The number of hydrogen-bond donors (Lipinski definition) is 1. The Balaban J connectivity index is 2.66. The van der Waals surface area contributed by atoms with E-state index in [1.165, 1.54) is 4.90 Å². The molecule has 15 heavy (non-hydrogen) atoms. The summed E-state index contributed by atoms with van der Waals surface area (Å²) in [6.07, 6.45) is 0.